The average Bonchev–Trinajstić information content (AvgIpc) is 2.93. The second-order valence-electron chi connectivity index (χ2n) is 4.87. The topological polar surface area (TPSA) is 72.2 Å². The molecule has 0 aliphatic rings. The van der Waals surface area contributed by atoms with Crippen molar-refractivity contribution in [1.82, 2.24) is 9.55 Å². The molecule has 0 fully saturated rings. The van der Waals surface area contributed by atoms with Crippen LogP contribution >= 0.6 is 11.3 Å². The zero-order chi connectivity index (χ0) is 15.7. The Hall–Kier alpha value is -2.47. The van der Waals surface area contributed by atoms with E-state index in [4.69, 9.17) is 0 Å². The van der Waals surface area contributed by atoms with Gasteiger partial charge in [0, 0.05) is 18.3 Å². The maximum absolute atomic E-state index is 12.6. The molecule has 6 heteroatoms. The van der Waals surface area contributed by atoms with Crippen molar-refractivity contribution in [2.75, 3.05) is 0 Å². The summed E-state index contributed by atoms with van der Waals surface area (Å²) in [6, 6.07) is 9.78. The number of nitrogens with zero attached hydrogens (tertiary/aromatic N) is 2. The van der Waals surface area contributed by atoms with Gasteiger partial charge in [-0.15, -0.1) is 11.3 Å². The molecule has 0 unspecified atom stereocenters. The van der Waals surface area contributed by atoms with Crippen molar-refractivity contribution in [3.8, 4) is 0 Å². The number of hydrogen-bond donors (Lipinski definition) is 1. The number of hydrogen-bond acceptors (Lipinski definition) is 4. The summed E-state index contributed by atoms with van der Waals surface area (Å²) >= 11 is 1.20. The Kier molecular flexibility index (Phi) is 3.77. The third-order valence-electron chi connectivity index (χ3n) is 3.52. The molecule has 0 saturated carbocycles. The quantitative estimate of drug-likeness (QED) is 0.803. The van der Waals surface area contributed by atoms with Gasteiger partial charge in [0.05, 0.1) is 10.9 Å². The van der Waals surface area contributed by atoms with Gasteiger partial charge >= 0.3 is 5.97 Å². The summed E-state index contributed by atoms with van der Waals surface area (Å²) in [7, 11) is 0. The molecule has 2 aromatic heterocycles. The van der Waals surface area contributed by atoms with Crippen LogP contribution in [0.1, 0.15) is 28.7 Å². The van der Waals surface area contributed by atoms with Crippen LogP contribution in [0.25, 0.3) is 10.2 Å². The van der Waals surface area contributed by atoms with E-state index in [1.54, 1.807) is 4.57 Å². The summed E-state index contributed by atoms with van der Waals surface area (Å²) in [6.45, 7) is 2.31. The molecule has 1 N–H and O–H groups in total. The second kappa shape index (κ2) is 5.73. The molecular weight excluding hydrogens is 300 g/mol. The minimum atomic E-state index is -1.09. The number of aromatic carboxylic acids is 1. The smallest absolute Gasteiger partial charge is 0.337 e. The van der Waals surface area contributed by atoms with Gasteiger partial charge in [-0.05, 0) is 12.5 Å². The Morgan fingerprint density at radius 1 is 1.32 bits per heavy atom. The second-order valence-corrected chi connectivity index (χ2v) is 5.73. The molecule has 1 aromatic carbocycles. The van der Waals surface area contributed by atoms with Crippen LogP contribution in [0.3, 0.4) is 0 Å². The summed E-state index contributed by atoms with van der Waals surface area (Å²) in [5.41, 5.74) is 0.814. The lowest BCUT2D eigenvalue weighted by Crippen LogP contribution is -2.25. The van der Waals surface area contributed by atoms with E-state index in [1.807, 2.05) is 37.3 Å². The first kappa shape index (κ1) is 14.5. The largest absolute Gasteiger partial charge is 0.478 e. The van der Waals surface area contributed by atoms with Crippen molar-refractivity contribution in [3.63, 3.8) is 0 Å². The summed E-state index contributed by atoms with van der Waals surface area (Å²) < 4.78 is 1.55. The van der Waals surface area contributed by atoms with Gasteiger partial charge in [0.1, 0.15) is 10.7 Å². The van der Waals surface area contributed by atoms with Gasteiger partial charge < -0.3 is 5.11 Å². The fourth-order valence-corrected chi connectivity index (χ4v) is 3.38. The van der Waals surface area contributed by atoms with E-state index in [1.165, 1.54) is 16.7 Å². The Morgan fingerprint density at radius 3 is 2.68 bits per heavy atom. The van der Waals surface area contributed by atoms with E-state index in [0.717, 1.165) is 5.56 Å². The standard InChI is InChI=1S/C16H14N2O3S/c1-2-18-12(8-10-6-4-3-5-7-10)17-14-13(15(18)19)11(9-22-14)16(20)21/h3-7,9H,2,8H2,1H3,(H,20,21). The molecular formula is C16H14N2O3S. The van der Waals surface area contributed by atoms with Crippen LogP contribution in [0.2, 0.25) is 0 Å². The predicted molar refractivity (Wildman–Crippen MR) is 85.8 cm³/mol. The van der Waals surface area contributed by atoms with E-state index in [0.29, 0.717) is 23.6 Å². The Morgan fingerprint density at radius 2 is 2.05 bits per heavy atom. The molecule has 5 nitrogen and oxygen atoms in total. The van der Waals surface area contributed by atoms with Crippen molar-refractivity contribution in [2.24, 2.45) is 0 Å². The van der Waals surface area contributed by atoms with Crippen LogP contribution in [0, 0.1) is 0 Å². The van der Waals surface area contributed by atoms with E-state index >= 15 is 0 Å². The van der Waals surface area contributed by atoms with Gasteiger partial charge in [-0.2, -0.15) is 0 Å². The first-order chi connectivity index (χ1) is 10.6. The lowest BCUT2D eigenvalue weighted by Gasteiger charge is -2.10. The first-order valence-electron chi connectivity index (χ1n) is 6.90. The van der Waals surface area contributed by atoms with Gasteiger partial charge in [0.25, 0.3) is 5.56 Å². The molecule has 0 amide bonds. The lowest BCUT2D eigenvalue weighted by atomic mass is 10.1. The van der Waals surface area contributed by atoms with Gasteiger partial charge in [-0.3, -0.25) is 9.36 Å². The maximum Gasteiger partial charge on any atom is 0.337 e. The fourth-order valence-electron chi connectivity index (χ4n) is 2.46. The molecule has 0 radical (unpaired) electrons. The molecule has 22 heavy (non-hydrogen) atoms. The minimum Gasteiger partial charge on any atom is -0.478 e. The molecule has 0 saturated heterocycles. The summed E-state index contributed by atoms with van der Waals surface area (Å²) in [6.07, 6.45) is 0.542. The van der Waals surface area contributed by atoms with Crippen molar-refractivity contribution >= 4 is 27.5 Å². The number of carboxylic acids is 1. The number of rotatable bonds is 4. The minimum absolute atomic E-state index is 0.0333. The van der Waals surface area contributed by atoms with E-state index in [2.05, 4.69) is 4.98 Å². The van der Waals surface area contributed by atoms with Crippen LogP contribution in [-0.4, -0.2) is 20.6 Å². The number of carbonyl (C=O) groups is 1. The normalized spacial score (nSPS) is 11.0. The van der Waals surface area contributed by atoms with Crippen molar-refractivity contribution in [2.45, 2.75) is 19.9 Å². The molecule has 2 heterocycles. The number of thiophene rings is 1. The molecule has 0 aliphatic carbocycles. The summed E-state index contributed by atoms with van der Waals surface area (Å²) in [5.74, 6) is -0.436. The first-order valence-corrected chi connectivity index (χ1v) is 7.78. The Balaban J connectivity index is 2.20. The third kappa shape index (κ3) is 2.42. The Labute approximate surface area is 130 Å². The predicted octanol–water partition coefficient (Wildman–Crippen LogP) is 2.77. The van der Waals surface area contributed by atoms with Crippen molar-refractivity contribution < 1.29 is 9.90 Å². The lowest BCUT2D eigenvalue weighted by molar-refractivity contribution is 0.0699. The molecule has 0 aliphatic heterocycles. The number of benzene rings is 1. The highest BCUT2D eigenvalue weighted by Crippen LogP contribution is 2.22. The molecule has 0 spiro atoms. The van der Waals surface area contributed by atoms with Crippen LogP contribution in [0.5, 0.6) is 0 Å². The maximum atomic E-state index is 12.6. The number of aromatic nitrogens is 2. The van der Waals surface area contributed by atoms with Gasteiger partial charge in [0.2, 0.25) is 0 Å². The highest BCUT2D eigenvalue weighted by Gasteiger charge is 2.19. The van der Waals surface area contributed by atoms with E-state index in [9.17, 15) is 14.7 Å². The van der Waals surface area contributed by atoms with Crippen LogP contribution in [-0.2, 0) is 13.0 Å². The third-order valence-corrected chi connectivity index (χ3v) is 4.40. The summed E-state index contributed by atoms with van der Waals surface area (Å²) in [4.78, 5) is 28.9. The van der Waals surface area contributed by atoms with Gasteiger partial charge in [-0.1, -0.05) is 30.3 Å². The van der Waals surface area contributed by atoms with Crippen LogP contribution in [0.4, 0.5) is 0 Å². The van der Waals surface area contributed by atoms with Crippen molar-refractivity contribution in [3.05, 3.63) is 63.0 Å². The van der Waals surface area contributed by atoms with Gasteiger partial charge in [0.15, 0.2) is 0 Å². The molecule has 3 rings (SSSR count). The van der Waals surface area contributed by atoms with E-state index < -0.39 is 5.97 Å². The highest BCUT2D eigenvalue weighted by atomic mass is 32.1. The SMILES string of the molecule is CCn1c(Cc2ccccc2)nc2scc(C(=O)O)c2c1=O. The molecule has 3 aromatic rings. The van der Waals surface area contributed by atoms with Gasteiger partial charge in [-0.25, -0.2) is 9.78 Å². The molecule has 0 atom stereocenters. The summed E-state index contributed by atoms with van der Waals surface area (Å²) in [5, 5.41) is 10.9. The number of carboxylic acid groups (broad SMARTS) is 1. The zero-order valence-corrected chi connectivity index (χ0v) is 12.8. The monoisotopic (exact) mass is 314 g/mol. The Bertz CT molecular complexity index is 897. The van der Waals surface area contributed by atoms with Crippen molar-refractivity contribution in [1.29, 1.82) is 0 Å². The van der Waals surface area contributed by atoms with Crippen LogP contribution in [0.15, 0.2) is 40.5 Å². The molecule has 0 bridgehead atoms. The zero-order valence-electron chi connectivity index (χ0n) is 11.9. The van der Waals surface area contributed by atoms with Crippen LogP contribution < -0.4 is 5.56 Å². The highest BCUT2D eigenvalue weighted by molar-refractivity contribution is 7.17. The van der Waals surface area contributed by atoms with E-state index in [-0.39, 0.29) is 16.5 Å². The number of fused-ring (bicyclic) bond motifs is 1. The molecule has 112 valence electrons. The average molecular weight is 314 g/mol. The fraction of sp³-hybridized carbons (Fsp3) is 0.188.